The van der Waals surface area contributed by atoms with Crippen LogP contribution in [-0.4, -0.2) is 39.7 Å². The zero-order chi connectivity index (χ0) is 20.8. The summed E-state index contributed by atoms with van der Waals surface area (Å²) in [5.41, 5.74) is 2.83. The quantitative estimate of drug-likeness (QED) is 0.651. The second-order valence-electron chi connectivity index (χ2n) is 7.00. The molecule has 0 unspecified atom stereocenters. The average Bonchev–Trinajstić information content (AvgIpc) is 3.29. The number of ether oxygens (including phenoxy) is 1. The lowest BCUT2D eigenvalue weighted by molar-refractivity contribution is -0.125. The number of aromatic nitrogens is 3. The van der Waals surface area contributed by atoms with Crippen LogP contribution in [0.2, 0.25) is 0 Å². The molecule has 1 aliphatic heterocycles. The number of fused-ring (bicyclic) bond motifs is 1. The van der Waals surface area contributed by atoms with Gasteiger partial charge in [0.2, 0.25) is 11.8 Å². The SMILES string of the molecule is O=C(CCC(=O)N1CCOc2ccccc21)NCc1ccccc1Cn1cncn1. The predicted octanol–water partition coefficient (Wildman–Crippen LogP) is 2.15. The molecule has 0 fully saturated rings. The Morgan fingerprint density at radius 2 is 1.83 bits per heavy atom. The minimum absolute atomic E-state index is 0.0764. The van der Waals surface area contributed by atoms with E-state index in [4.69, 9.17) is 4.74 Å². The molecule has 8 nitrogen and oxygen atoms in total. The highest BCUT2D eigenvalue weighted by molar-refractivity contribution is 5.97. The van der Waals surface area contributed by atoms with Crippen LogP contribution in [0.5, 0.6) is 5.75 Å². The second-order valence-corrected chi connectivity index (χ2v) is 7.00. The van der Waals surface area contributed by atoms with Gasteiger partial charge in [-0.05, 0) is 23.3 Å². The molecular formula is C22H23N5O3. The Balaban J connectivity index is 1.30. The van der Waals surface area contributed by atoms with Gasteiger partial charge >= 0.3 is 0 Å². The van der Waals surface area contributed by atoms with E-state index >= 15 is 0 Å². The molecule has 0 atom stereocenters. The number of hydrogen-bond acceptors (Lipinski definition) is 5. The first-order chi connectivity index (χ1) is 14.7. The third-order valence-corrected chi connectivity index (χ3v) is 4.99. The zero-order valence-electron chi connectivity index (χ0n) is 16.5. The molecule has 1 aliphatic rings. The molecular weight excluding hydrogens is 382 g/mol. The van der Waals surface area contributed by atoms with E-state index in [1.54, 1.807) is 15.9 Å². The fourth-order valence-corrected chi connectivity index (χ4v) is 3.44. The van der Waals surface area contributed by atoms with Gasteiger partial charge in [0.1, 0.15) is 25.0 Å². The molecule has 0 bridgehead atoms. The van der Waals surface area contributed by atoms with E-state index in [0.29, 0.717) is 32.0 Å². The second kappa shape index (κ2) is 9.21. The summed E-state index contributed by atoms with van der Waals surface area (Å²) in [4.78, 5) is 30.6. The molecule has 30 heavy (non-hydrogen) atoms. The van der Waals surface area contributed by atoms with Gasteiger partial charge in [0, 0.05) is 19.4 Å². The van der Waals surface area contributed by atoms with Crippen molar-refractivity contribution in [1.82, 2.24) is 20.1 Å². The Morgan fingerprint density at radius 1 is 1.03 bits per heavy atom. The Bertz CT molecular complexity index is 1020. The maximum atomic E-state index is 12.6. The predicted molar refractivity (Wildman–Crippen MR) is 111 cm³/mol. The van der Waals surface area contributed by atoms with Gasteiger partial charge < -0.3 is 15.0 Å². The average molecular weight is 405 g/mol. The zero-order valence-corrected chi connectivity index (χ0v) is 16.5. The van der Waals surface area contributed by atoms with E-state index in [0.717, 1.165) is 16.8 Å². The molecule has 154 valence electrons. The van der Waals surface area contributed by atoms with Crippen molar-refractivity contribution in [1.29, 1.82) is 0 Å². The summed E-state index contributed by atoms with van der Waals surface area (Å²) in [6.07, 6.45) is 3.45. The molecule has 0 radical (unpaired) electrons. The van der Waals surface area contributed by atoms with Crippen molar-refractivity contribution in [3.63, 3.8) is 0 Å². The Kier molecular flexibility index (Phi) is 6.03. The molecule has 1 aromatic heterocycles. The van der Waals surface area contributed by atoms with E-state index in [9.17, 15) is 9.59 Å². The normalized spacial score (nSPS) is 12.7. The van der Waals surface area contributed by atoms with Gasteiger partial charge in [-0.2, -0.15) is 5.10 Å². The molecule has 4 rings (SSSR count). The largest absolute Gasteiger partial charge is 0.490 e. The highest BCUT2D eigenvalue weighted by Gasteiger charge is 2.23. The first-order valence-corrected chi connectivity index (χ1v) is 9.89. The van der Waals surface area contributed by atoms with Gasteiger partial charge in [0.15, 0.2) is 0 Å². The molecule has 0 saturated carbocycles. The van der Waals surface area contributed by atoms with Crippen molar-refractivity contribution in [2.75, 3.05) is 18.1 Å². The monoisotopic (exact) mass is 405 g/mol. The third-order valence-electron chi connectivity index (χ3n) is 4.99. The van der Waals surface area contributed by atoms with Crippen molar-refractivity contribution < 1.29 is 14.3 Å². The molecule has 2 aromatic carbocycles. The number of benzene rings is 2. The maximum absolute atomic E-state index is 12.6. The van der Waals surface area contributed by atoms with Crippen molar-refractivity contribution >= 4 is 17.5 Å². The summed E-state index contributed by atoms with van der Waals surface area (Å²) in [5.74, 6) is 0.471. The summed E-state index contributed by atoms with van der Waals surface area (Å²) >= 11 is 0. The molecule has 0 aliphatic carbocycles. The lowest BCUT2D eigenvalue weighted by atomic mass is 10.1. The molecule has 2 amide bonds. The summed E-state index contributed by atoms with van der Waals surface area (Å²) < 4.78 is 7.32. The fourth-order valence-electron chi connectivity index (χ4n) is 3.44. The summed E-state index contributed by atoms with van der Waals surface area (Å²) in [6, 6.07) is 15.3. The minimum atomic E-state index is -0.152. The highest BCUT2D eigenvalue weighted by Crippen LogP contribution is 2.31. The number of amides is 2. The van der Waals surface area contributed by atoms with Gasteiger partial charge in [0.25, 0.3) is 0 Å². The van der Waals surface area contributed by atoms with Crippen LogP contribution in [0.4, 0.5) is 5.69 Å². The first kappa shape index (κ1) is 19.6. The van der Waals surface area contributed by atoms with Crippen LogP contribution >= 0.6 is 0 Å². The number of para-hydroxylation sites is 2. The number of nitrogens with zero attached hydrogens (tertiary/aromatic N) is 4. The van der Waals surface area contributed by atoms with Gasteiger partial charge in [0.05, 0.1) is 18.8 Å². The van der Waals surface area contributed by atoms with Crippen LogP contribution < -0.4 is 15.0 Å². The maximum Gasteiger partial charge on any atom is 0.227 e. The van der Waals surface area contributed by atoms with E-state index < -0.39 is 0 Å². The molecule has 3 aromatic rings. The number of nitrogens with one attached hydrogen (secondary N) is 1. The number of anilines is 1. The number of rotatable bonds is 7. The Labute approximate surface area is 174 Å². The molecule has 8 heteroatoms. The highest BCUT2D eigenvalue weighted by atomic mass is 16.5. The summed E-state index contributed by atoms with van der Waals surface area (Å²) in [6.45, 7) is 1.93. The molecule has 2 heterocycles. The number of hydrogen-bond donors (Lipinski definition) is 1. The summed E-state index contributed by atoms with van der Waals surface area (Å²) in [7, 11) is 0. The van der Waals surface area contributed by atoms with E-state index in [1.165, 1.54) is 6.33 Å². The van der Waals surface area contributed by atoms with Crippen LogP contribution in [0, 0.1) is 0 Å². The minimum Gasteiger partial charge on any atom is -0.490 e. The Hall–Kier alpha value is -3.68. The first-order valence-electron chi connectivity index (χ1n) is 9.89. The van der Waals surface area contributed by atoms with Crippen LogP contribution in [0.3, 0.4) is 0 Å². The molecule has 0 saturated heterocycles. The van der Waals surface area contributed by atoms with Crippen molar-refractivity contribution in [2.24, 2.45) is 0 Å². The lowest BCUT2D eigenvalue weighted by Gasteiger charge is -2.29. The van der Waals surface area contributed by atoms with Crippen LogP contribution in [0.15, 0.2) is 61.2 Å². The third kappa shape index (κ3) is 4.65. The smallest absolute Gasteiger partial charge is 0.227 e. The van der Waals surface area contributed by atoms with Gasteiger partial charge in [-0.15, -0.1) is 0 Å². The fraction of sp³-hybridized carbons (Fsp3) is 0.273. The van der Waals surface area contributed by atoms with Crippen LogP contribution in [-0.2, 0) is 22.7 Å². The van der Waals surface area contributed by atoms with Crippen molar-refractivity contribution in [2.45, 2.75) is 25.9 Å². The van der Waals surface area contributed by atoms with E-state index in [-0.39, 0.29) is 24.7 Å². The van der Waals surface area contributed by atoms with Crippen molar-refractivity contribution in [3.05, 3.63) is 72.3 Å². The topological polar surface area (TPSA) is 89.4 Å². The number of carbonyl (C=O) groups excluding carboxylic acids is 2. The van der Waals surface area contributed by atoms with E-state index in [2.05, 4.69) is 15.4 Å². The van der Waals surface area contributed by atoms with Gasteiger partial charge in [-0.3, -0.25) is 9.59 Å². The number of carbonyl (C=O) groups is 2. The van der Waals surface area contributed by atoms with Crippen LogP contribution in [0.25, 0.3) is 0 Å². The molecule has 1 N–H and O–H groups in total. The standard InChI is InChI=1S/C22H23N5O3/c28-21(9-10-22(29)27-11-12-30-20-8-4-3-7-19(20)27)24-13-17-5-1-2-6-18(17)14-26-16-23-15-25-26/h1-8,15-16H,9-14H2,(H,24,28). The van der Waals surface area contributed by atoms with E-state index in [1.807, 2.05) is 48.5 Å². The van der Waals surface area contributed by atoms with Crippen molar-refractivity contribution in [3.8, 4) is 5.75 Å². The van der Waals surface area contributed by atoms with Gasteiger partial charge in [-0.1, -0.05) is 36.4 Å². The molecule has 0 spiro atoms. The Morgan fingerprint density at radius 3 is 2.67 bits per heavy atom. The lowest BCUT2D eigenvalue weighted by Crippen LogP contribution is -2.38. The summed E-state index contributed by atoms with van der Waals surface area (Å²) in [5, 5.41) is 7.04. The van der Waals surface area contributed by atoms with Gasteiger partial charge in [-0.25, -0.2) is 9.67 Å². The van der Waals surface area contributed by atoms with Crippen LogP contribution in [0.1, 0.15) is 24.0 Å².